The molecule has 0 radical (unpaired) electrons. The Hall–Kier alpha value is -0.860. The Balaban J connectivity index is 1.78. The van der Waals surface area contributed by atoms with Crippen LogP contribution >= 0.6 is 0 Å². The van der Waals surface area contributed by atoms with E-state index in [1.807, 2.05) is 0 Å². The van der Waals surface area contributed by atoms with Gasteiger partial charge in [0, 0.05) is 25.2 Å². The zero-order valence-corrected chi connectivity index (χ0v) is 12.2. The van der Waals surface area contributed by atoms with Gasteiger partial charge >= 0.3 is 0 Å². The Labute approximate surface area is 117 Å². The van der Waals surface area contributed by atoms with E-state index >= 15 is 0 Å². The van der Waals surface area contributed by atoms with Crippen molar-refractivity contribution in [1.82, 2.24) is 4.90 Å². The Morgan fingerprint density at radius 2 is 1.84 bits per heavy atom. The lowest BCUT2D eigenvalue weighted by atomic mass is 9.97. The molecule has 3 unspecified atom stereocenters. The molecule has 19 heavy (non-hydrogen) atoms. The second-order valence-corrected chi connectivity index (χ2v) is 6.60. The van der Waals surface area contributed by atoms with Gasteiger partial charge in [-0.3, -0.25) is 4.90 Å². The molecule has 104 valence electrons. The fourth-order valence-electron chi connectivity index (χ4n) is 3.91. The third-order valence-electron chi connectivity index (χ3n) is 5.06. The van der Waals surface area contributed by atoms with E-state index in [1.54, 1.807) is 0 Å². The minimum atomic E-state index is 0.427. The molecule has 1 aliphatic carbocycles. The Morgan fingerprint density at radius 3 is 2.32 bits per heavy atom. The summed E-state index contributed by atoms with van der Waals surface area (Å²) in [5.41, 5.74) is 8.89. The number of likely N-dealkylation sites (tertiary alicyclic amines) is 1. The molecule has 2 aliphatic rings. The van der Waals surface area contributed by atoms with E-state index in [9.17, 15) is 0 Å². The number of nitrogens with two attached hydrogens (primary N) is 1. The third kappa shape index (κ3) is 2.44. The first-order valence-electron chi connectivity index (χ1n) is 7.74. The molecule has 2 fully saturated rings. The molecule has 1 saturated heterocycles. The molecule has 2 nitrogen and oxygen atoms in total. The highest BCUT2D eigenvalue weighted by Gasteiger charge is 2.40. The SMILES string of the molecule is CC(C)c1ccc(C(CN)N2CC3CCC2C3)cc1. The summed E-state index contributed by atoms with van der Waals surface area (Å²) < 4.78 is 0. The maximum atomic E-state index is 6.07. The minimum Gasteiger partial charge on any atom is -0.329 e. The molecule has 1 heterocycles. The number of rotatable bonds is 4. The van der Waals surface area contributed by atoms with E-state index in [4.69, 9.17) is 5.73 Å². The molecule has 0 amide bonds. The number of fused-ring (bicyclic) bond motifs is 2. The summed E-state index contributed by atoms with van der Waals surface area (Å²) in [6.45, 7) is 6.49. The average molecular weight is 258 g/mol. The zero-order chi connectivity index (χ0) is 13.4. The van der Waals surface area contributed by atoms with Crippen LogP contribution in [0.1, 0.15) is 56.2 Å². The quantitative estimate of drug-likeness (QED) is 0.898. The van der Waals surface area contributed by atoms with Crippen LogP contribution in [-0.2, 0) is 0 Å². The first kappa shape index (κ1) is 13.1. The molecular formula is C17H26N2. The lowest BCUT2D eigenvalue weighted by molar-refractivity contribution is 0.153. The zero-order valence-electron chi connectivity index (χ0n) is 12.2. The molecule has 1 aromatic carbocycles. The lowest BCUT2D eigenvalue weighted by Crippen LogP contribution is -2.39. The van der Waals surface area contributed by atoms with Crippen molar-refractivity contribution in [3.63, 3.8) is 0 Å². The van der Waals surface area contributed by atoms with Gasteiger partial charge in [0.1, 0.15) is 0 Å². The molecule has 2 bridgehead atoms. The summed E-state index contributed by atoms with van der Waals surface area (Å²) in [6.07, 6.45) is 4.22. The van der Waals surface area contributed by atoms with Crippen molar-refractivity contribution in [3.8, 4) is 0 Å². The summed E-state index contributed by atoms with van der Waals surface area (Å²) in [5, 5.41) is 0. The smallest absolute Gasteiger partial charge is 0.0473 e. The van der Waals surface area contributed by atoms with Crippen LogP contribution in [0.3, 0.4) is 0 Å². The molecule has 2 N–H and O–H groups in total. The summed E-state index contributed by atoms with van der Waals surface area (Å²) in [7, 11) is 0. The lowest BCUT2D eigenvalue weighted by Gasteiger charge is -2.34. The maximum absolute atomic E-state index is 6.07. The molecule has 3 rings (SSSR count). The number of benzene rings is 1. The average Bonchev–Trinajstić information content (AvgIpc) is 3.03. The van der Waals surface area contributed by atoms with Gasteiger partial charge in [0.25, 0.3) is 0 Å². The molecule has 1 saturated carbocycles. The van der Waals surface area contributed by atoms with Gasteiger partial charge in [-0.2, -0.15) is 0 Å². The van der Waals surface area contributed by atoms with Crippen molar-refractivity contribution in [3.05, 3.63) is 35.4 Å². The minimum absolute atomic E-state index is 0.427. The van der Waals surface area contributed by atoms with E-state index in [-0.39, 0.29) is 0 Å². The van der Waals surface area contributed by atoms with Gasteiger partial charge in [-0.05, 0) is 42.2 Å². The van der Waals surface area contributed by atoms with Crippen molar-refractivity contribution < 1.29 is 0 Å². The monoisotopic (exact) mass is 258 g/mol. The topological polar surface area (TPSA) is 29.3 Å². The number of hydrogen-bond donors (Lipinski definition) is 1. The first-order chi connectivity index (χ1) is 9.19. The molecule has 0 aromatic heterocycles. The van der Waals surface area contributed by atoms with E-state index in [1.165, 1.54) is 36.9 Å². The fourth-order valence-corrected chi connectivity index (χ4v) is 3.91. The van der Waals surface area contributed by atoms with Gasteiger partial charge in [-0.1, -0.05) is 38.1 Å². The summed E-state index contributed by atoms with van der Waals surface area (Å²) in [5.74, 6) is 1.54. The predicted molar refractivity (Wildman–Crippen MR) is 80.2 cm³/mol. The summed E-state index contributed by atoms with van der Waals surface area (Å²) in [6, 6.07) is 10.4. The highest BCUT2D eigenvalue weighted by atomic mass is 15.2. The van der Waals surface area contributed by atoms with E-state index in [2.05, 4.69) is 43.0 Å². The molecular weight excluding hydrogens is 232 g/mol. The third-order valence-corrected chi connectivity index (χ3v) is 5.06. The van der Waals surface area contributed by atoms with E-state index in [0.717, 1.165) is 18.5 Å². The van der Waals surface area contributed by atoms with Gasteiger partial charge in [0.15, 0.2) is 0 Å². The van der Waals surface area contributed by atoms with Gasteiger partial charge in [0.05, 0.1) is 0 Å². The highest BCUT2D eigenvalue weighted by molar-refractivity contribution is 5.27. The van der Waals surface area contributed by atoms with Crippen LogP contribution in [-0.4, -0.2) is 24.0 Å². The summed E-state index contributed by atoms with van der Waals surface area (Å²) >= 11 is 0. The second kappa shape index (κ2) is 5.26. The van der Waals surface area contributed by atoms with Crippen LogP contribution in [0.4, 0.5) is 0 Å². The van der Waals surface area contributed by atoms with Crippen molar-refractivity contribution in [2.75, 3.05) is 13.1 Å². The Kier molecular flexibility index (Phi) is 3.64. The van der Waals surface area contributed by atoms with Crippen LogP contribution in [0.5, 0.6) is 0 Å². The highest BCUT2D eigenvalue weighted by Crippen LogP contribution is 2.41. The van der Waals surface area contributed by atoms with Gasteiger partial charge < -0.3 is 5.73 Å². The predicted octanol–water partition coefficient (Wildman–Crippen LogP) is 3.29. The van der Waals surface area contributed by atoms with Crippen LogP contribution in [0, 0.1) is 5.92 Å². The fraction of sp³-hybridized carbons (Fsp3) is 0.647. The number of hydrogen-bond acceptors (Lipinski definition) is 2. The maximum Gasteiger partial charge on any atom is 0.0473 e. The van der Waals surface area contributed by atoms with E-state index < -0.39 is 0 Å². The Morgan fingerprint density at radius 1 is 1.16 bits per heavy atom. The van der Waals surface area contributed by atoms with E-state index in [0.29, 0.717) is 12.0 Å². The van der Waals surface area contributed by atoms with Crippen LogP contribution in [0.25, 0.3) is 0 Å². The largest absolute Gasteiger partial charge is 0.329 e. The van der Waals surface area contributed by atoms with Crippen molar-refractivity contribution in [2.24, 2.45) is 11.7 Å². The van der Waals surface area contributed by atoms with Crippen LogP contribution < -0.4 is 5.73 Å². The molecule has 2 heteroatoms. The second-order valence-electron chi connectivity index (χ2n) is 6.60. The number of nitrogens with zero attached hydrogens (tertiary/aromatic N) is 1. The van der Waals surface area contributed by atoms with Gasteiger partial charge in [-0.15, -0.1) is 0 Å². The van der Waals surface area contributed by atoms with Crippen molar-refractivity contribution >= 4 is 0 Å². The van der Waals surface area contributed by atoms with Crippen molar-refractivity contribution in [2.45, 2.75) is 51.1 Å². The van der Waals surface area contributed by atoms with Gasteiger partial charge in [-0.25, -0.2) is 0 Å². The van der Waals surface area contributed by atoms with Gasteiger partial charge in [0.2, 0.25) is 0 Å². The van der Waals surface area contributed by atoms with Crippen molar-refractivity contribution in [1.29, 1.82) is 0 Å². The standard InChI is InChI=1S/C17H26N2/c1-12(2)14-4-6-15(7-5-14)17(10-18)19-11-13-3-8-16(19)9-13/h4-7,12-13,16-17H,3,8-11,18H2,1-2H3. The first-order valence-corrected chi connectivity index (χ1v) is 7.74. The molecule has 0 spiro atoms. The molecule has 1 aromatic rings. The summed E-state index contributed by atoms with van der Waals surface area (Å²) in [4.78, 5) is 2.67. The number of piperidine rings is 1. The van der Waals surface area contributed by atoms with Crippen LogP contribution in [0.2, 0.25) is 0 Å². The van der Waals surface area contributed by atoms with Crippen LogP contribution in [0.15, 0.2) is 24.3 Å². The molecule has 1 aliphatic heterocycles. The molecule has 3 atom stereocenters. The normalized spacial score (nSPS) is 28.2. The Bertz CT molecular complexity index is 423.